The maximum Gasteiger partial charge on any atom is 0.270 e. The molecule has 0 N–H and O–H groups in total. The molecule has 0 saturated carbocycles. The Morgan fingerprint density at radius 3 is 2.75 bits per heavy atom. The molecule has 0 atom stereocenters. The SMILES string of the molecule is O=[N+]([O-])c1cc2c(c(CSCc3ccc(Cl)c(Cl)c3)c1)OCOC2. The average molecular weight is 386 g/mol. The van der Waals surface area contributed by atoms with Crippen molar-refractivity contribution in [2.24, 2.45) is 0 Å². The lowest BCUT2D eigenvalue weighted by Crippen LogP contribution is -2.13. The number of rotatable bonds is 5. The molecule has 1 aliphatic heterocycles. The van der Waals surface area contributed by atoms with E-state index in [1.54, 1.807) is 23.9 Å². The minimum atomic E-state index is -0.401. The van der Waals surface area contributed by atoms with Crippen molar-refractivity contribution in [1.82, 2.24) is 0 Å². The largest absolute Gasteiger partial charge is 0.467 e. The summed E-state index contributed by atoms with van der Waals surface area (Å²) in [6, 6.07) is 8.56. The van der Waals surface area contributed by atoms with Crippen LogP contribution in [0.2, 0.25) is 10.0 Å². The van der Waals surface area contributed by atoms with Gasteiger partial charge in [0, 0.05) is 34.8 Å². The third-order valence-corrected chi connectivity index (χ3v) is 5.28. The molecular formula is C16H13Cl2NO4S. The molecule has 0 aromatic heterocycles. The van der Waals surface area contributed by atoms with Crippen LogP contribution in [-0.4, -0.2) is 11.7 Å². The zero-order chi connectivity index (χ0) is 17.1. The van der Waals surface area contributed by atoms with Crippen molar-refractivity contribution in [3.8, 4) is 5.75 Å². The molecule has 0 spiro atoms. The first kappa shape index (κ1) is 17.4. The second-order valence-corrected chi connectivity index (χ2v) is 7.00. The molecule has 126 valence electrons. The van der Waals surface area contributed by atoms with Gasteiger partial charge in [0.15, 0.2) is 6.79 Å². The summed E-state index contributed by atoms with van der Waals surface area (Å²) in [4.78, 5) is 10.7. The quantitative estimate of drug-likeness (QED) is 0.522. The van der Waals surface area contributed by atoms with E-state index >= 15 is 0 Å². The average Bonchev–Trinajstić information content (AvgIpc) is 2.57. The predicted molar refractivity (Wildman–Crippen MR) is 94.8 cm³/mol. The van der Waals surface area contributed by atoms with Gasteiger partial charge in [0.1, 0.15) is 5.75 Å². The number of nitro groups is 1. The van der Waals surface area contributed by atoms with Crippen LogP contribution in [0.5, 0.6) is 5.75 Å². The summed E-state index contributed by atoms with van der Waals surface area (Å²) >= 11 is 13.5. The molecule has 0 saturated heterocycles. The van der Waals surface area contributed by atoms with E-state index in [-0.39, 0.29) is 12.5 Å². The van der Waals surface area contributed by atoms with Crippen LogP contribution < -0.4 is 4.74 Å². The maximum atomic E-state index is 11.1. The van der Waals surface area contributed by atoms with E-state index in [0.717, 1.165) is 11.1 Å². The number of halogens is 2. The van der Waals surface area contributed by atoms with Crippen LogP contribution in [0, 0.1) is 10.1 Å². The standard InChI is InChI=1S/C16H13Cl2NO4S/c17-14-2-1-10(3-15(14)18)7-24-8-12-5-13(19(20)21)4-11-6-22-9-23-16(11)12/h1-5H,6-9H2. The zero-order valence-corrected chi connectivity index (χ0v) is 14.8. The number of non-ortho nitro benzene ring substituents is 1. The molecule has 3 rings (SSSR count). The van der Waals surface area contributed by atoms with Crippen molar-refractivity contribution in [2.45, 2.75) is 18.1 Å². The lowest BCUT2D eigenvalue weighted by atomic mass is 10.1. The summed E-state index contributed by atoms with van der Waals surface area (Å²) in [7, 11) is 0. The minimum absolute atomic E-state index is 0.0491. The minimum Gasteiger partial charge on any atom is -0.467 e. The van der Waals surface area contributed by atoms with E-state index in [2.05, 4.69) is 0 Å². The van der Waals surface area contributed by atoms with Crippen molar-refractivity contribution in [2.75, 3.05) is 6.79 Å². The molecule has 5 nitrogen and oxygen atoms in total. The third kappa shape index (κ3) is 3.95. The van der Waals surface area contributed by atoms with Gasteiger partial charge < -0.3 is 9.47 Å². The summed E-state index contributed by atoms with van der Waals surface area (Å²) in [5.41, 5.74) is 2.60. The maximum absolute atomic E-state index is 11.1. The monoisotopic (exact) mass is 385 g/mol. The van der Waals surface area contributed by atoms with Gasteiger partial charge in [-0.05, 0) is 17.7 Å². The molecule has 0 aliphatic carbocycles. The number of hydrogen-bond donors (Lipinski definition) is 0. The van der Waals surface area contributed by atoms with E-state index in [0.29, 0.717) is 39.5 Å². The number of hydrogen-bond acceptors (Lipinski definition) is 5. The molecule has 0 radical (unpaired) electrons. The highest BCUT2D eigenvalue weighted by atomic mass is 35.5. The fourth-order valence-corrected chi connectivity index (χ4v) is 3.67. The lowest BCUT2D eigenvalue weighted by Gasteiger charge is -2.20. The van der Waals surface area contributed by atoms with Crippen molar-refractivity contribution >= 4 is 40.7 Å². The van der Waals surface area contributed by atoms with Gasteiger partial charge in [0.05, 0.1) is 21.6 Å². The van der Waals surface area contributed by atoms with Gasteiger partial charge in [-0.2, -0.15) is 11.8 Å². The molecule has 2 aromatic rings. The van der Waals surface area contributed by atoms with Crippen LogP contribution in [0.4, 0.5) is 5.69 Å². The Bertz CT molecular complexity index is 785. The Balaban J connectivity index is 1.75. The summed E-state index contributed by atoms with van der Waals surface area (Å²) in [5, 5.41) is 12.1. The van der Waals surface area contributed by atoms with E-state index in [1.807, 2.05) is 12.1 Å². The highest BCUT2D eigenvalue weighted by Gasteiger charge is 2.20. The van der Waals surface area contributed by atoms with E-state index in [4.69, 9.17) is 32.7 Å². The van der Waals surface area contributed by atoms with Gasteiger partial charge >= 0.3 is 0 Å². The molecule has 1 aliphatic rings. The first-order chi connectivity index (χ1) is 11.5. The molecule has 0 fully saturated rings. The Morgan fingerprint density at radius 1 is 1.17 bits per heavy atom. The molecule has 2 aromatic carbocycles. The van der Waals surface area contributed by atoms with Crippen LogP contribution in [0.25, 0.3) is 0 Å². The van der Waals surface area contributed by atoms with Crippen LogP contribution >= 0.6 is 35.0 Å². The van der Waals surface area contributed by atoms with Crippen LogP contribution in [0.3, 0.4) is 0 Å². The van der Waals surface area contributed by atoms with Crippen molar-refractivity contribution in [1.29, 1.82) is 0 Å². The van der Waals surface area contributed by atoms with Gasteiger partial charge in [-0.3, -0.25) is 10.1 Å². The molecule has 1 heterocycles. The fourth-order valence-electron chi connectivity index (χ4n) is 2.40. The molecule has 0 unspecified atom stereocenters. The van der Waals surface area contributed by atoms with Crippen molar-refractivity contribution in [3.05, 3.63) is 67.2 Å². The summed E-state index contributed by atoms with van der Waals surface area (Å²) in [6.07, 6.45) is 0. The van der Waals surface area contributed by atoms with Crippen molar-refractivity contribution < 1.29 is 14.4 Å². The Hall–Kier alpha value is -1.47. The number of ether oxygens (including phenoxy) is 2. The molecule has 8 heteroatoms. The molecule has 0 bridgehead atoms. The Kier molecular flexibility index (Phi) is 5.50. The number of thioether (sulfide) groups is 1. The van der Waals surface area contributed by atoms with E-state index in [1.165, 1.54) is 6.07 Å². The molecular weight excluding hydrogens is 373 g/mol. The van der Waals surface area contributed by atoms with Gasteiger partial charge in [-0.25, -0.2) is 0 Å². The van der Waals surface area contributed by atoms with E-state index < -0.39 is 4.92 Å². The van der Waals surface area contributed by atoms with Gasteiger partial charge in [-0.1, -0.05) is 29.3 Å². The van der Waals surface area contributed by atoms with Gasteiger partial charge in [-0.15, -0.1) is 0 Å². The van der Waals surface area contributed by atoms with Crippen molar-refractivity contribution in [3.63, 3.8) is 0 Å². The summed E-state index contributed by atoms with van der Waals surface area (Å²) in [6.45, 7) is 0.483. The van der Waals surface area contributed by atoms with E-state index in [9.17, 15) is 10.1 Å². The smallest absolute Gasteiger partial charge is 0.270 e. The number of nitrogens with zero attached hydrogens (tertiary/aromatic N) is 1. The summed E-state index contributed by atoms with van der Waals surface area (Å²) < 4.78 is 10.7. The first-order valence-corrected chi connectivity index (χ1v) is 8.98. The van der Waals surface area contributed by atoms with Crippen LogP contribution in [-0.2, 0) is 22.8 Å². The summed E-state index contributed by atoms with van der Waals surface area (Å²) in [5.74, 6) is 1.99. The number of benzene rings is 2. The highest BCUT2D eigenvalue weighted by Crippen LogP contribution is 2.35. The Labute approximate surface area is 153 Å². The van der Waals surface area contributed by atoms with Crippen LogP contribution in [0.15, 0.2) is 30.3 Å². The second-order valence-electron chi connectivity index (χ2n) is 5.20. The zero-order valence-electron chi connectivity index (χ0n) is 12.5. The van der Waals surface area contributed by atoms with Crippen LogP contribution in [0.1, 0.15) is 16.7 Å². The lowest BCUT2D eigenvalue weighted by molar-refractivity contribution is -0.385. The first-order valence-electron chi connectivity index (χ1n) is 7.07. The third-order valence-electron chi connectivity index (χ3n) is 3.49. The predicted octanol–water partition coefficient (Wildman–Crippen LogP) is 5.20. The van der Waals surface area contributed by atoms with Gasteiger partial charge in [0.2, 0.25) is 0 Å². The topological polar surface area (TPSA) is 61.6 Å². The molecule has 0 amide bonds. The number of fused-ring (bicyclic) bond motifs is 1. The Morgan fingerprint density at radius 2 is 2.00 bits per heavy atom. The number of nitro benzene ring substituents is 1. The normalized spacial score (nSPS) is 13.2. The second kappa shape index (κ2) is 7.61. The molecule has 24 heavy (non-hydrogen) atoms. The fraction of sp³-hybridized carbons (Fsp3) is 0.250. The van der Waals surface area contributed by atoms with Gasteiger partial charge in [0.25, 0.3) is 5.69 Å². The highest BCUT2D eigenvalue weighted by molar-refractivity contribution is 7.97.